The molecule has 1 heterocycles. The van der Waals surface area contributed by atoms with E-state index in [9.17, 15) is 9.90 Å². The minimum Gasteiger partial charge on any atom is -0.876 e. The molecule has 0 aromatic carbocycles. The molecule has 102 valence electrons. The number of piperidine rings is 1. The Morgan fingerprint density at radius 2 is 2.11 bits per heavy atom. The quantitative estimate of drug-likeness (QED) is 0.519. The van der Waals surface area contributed by atoms with Crippen molar-refractivity contribution < 1.29 is 33.5 Å². The van der Waals surface area contributed by atoms with Gasteiger partial charge in [-0.25, -0.2) is 4.79 Å². The van der Waals surface area contributed by atoms with Crippen LogP contribution in [0.25, 0.3) is 0 Å². The second-order valence-corrected chi connectivity index (χ2v) is 6.31. The molecule has 2 atom stereocenters. The van der Waals surface area contributed by atoms with Crippen molar-refractivity contribution in [1.82, 2.24) is 4.90 Å². The number of nitrogens with zero attached hydrogens (tertiary/aromatic N) is 1. The second kappa shape index (κ2) is 6.24. The third-order valence-electron chi connectivity index (χ3n) is 3.61. The zero-order valence-electron chi connectivity index (χ0n) is 12.4. The van der Waals surface area contributed by atoms with Crippen LogP contribution in [-0.4, -0.2) is 29.7 Å². The molecule has 1 amide bonds. The standard InChI is InChI=1S/C14H23NO3.Li/c1-14(2,3)18-13(17)15-7-6-10-8-12(16)5-4-11(10)9-15;/h8,10-11,16H,4-7,9H2,1-3H3;/q;+1/p-1/t10-,11+;/m1./s1. The van der Waals surface area contributed by atoms with Crippen LogP contribution in [0.3, 0.4) is 0 Å². The Bertz CT molecular complexity index is 362. The van der Waals surface area contributed by atoms with E-state index in [1.165, 1.54) is 0 Å². The zero-order chi connectivity index (χ0) is 13.3. The summed E-state index contributed by atoms with van der Waals surface area (Å²) in [6, 6.07) is 0. The topological polar surface area (TPSA) is 52.6 Å². The SMILES string of the molecule is CC(C)(C)OC(=O)N1CC[C@@H]2C=C([O-])CC[C@H]2C1.[Li+]. The van der Waals surface area contributed by atoms with E-state index in [1.54, 1.807) is 4.90 Å². The van der Waals surface area contributed by atoms with Gasteiger partial charge in [0, 0.05) is 13.1 Å². The van der Waals surface area contributed by atoms with Crippen LogP contribution >= 0.6 is 0 Å². The summed E-state index contributed by atoms with van der Waals surface area (Å²) in [7, 11) is 0. The van der Waals surface area contributed by atoms with Gasteiger partial charge in [0.15, 0.2) is 0 Å². The van der Waals surface area contributed by atoms with Crippen molar-refractivity contribution in [3.05, 3.63) is 11.8 Å². The van der Waals surface area contributed by atoms with Crippen LogP contribution in [0.5, 0.6) is 0 Å². The summed E-state index contributed by atoms with van der Waals surface area (Å²) in [6.45, 7) is 7.06. The number of allylic oxidation sites excluding steroid dienone is 2. The maximum Gasteiger partial charge on any atom is 1.00 e. The van der Waals surface area contributed by atoms with Gasteiger partial charge < -0.3 is 14.7 Å². The van der Waals surface area contributed by atoms with Crippen molar-refractivity contribution in [3.63, 3.8) is 0 Å². The fraction of sp³-hybridized carbons (Fsp3) is 0.786. The molecule has 0 spiro atoms. The molecule has 1 fully saturated rings. The van der Waals surface area contributed by atoms with Gasteiger partial charge in [0.25, 0.3) is 0 Å². The molecule has 0 aromatic heterocycles. The Labute approximate surface area is 127 Å². The van der Waals surface area contributed by atoms with Crippen LogP contribution in [0.15, 0.2) is 11.8 Å². The predicted octanol–water partition coefficient (Wildman–Crippen LogP) is -1.10. The van der Waals surface area contributed by atoms with Gasteiger partial charge in [0.05, 0.1) is 0 Å². The van der Waals surface area contributed by atoms with E-state index in [0.29, 0.717) is 24.8 Å². The molecule has 1 aliphatic heterocycles. The average Bonchev–Trinajstić information content (AvgIpc) is 2.26. The van der Waals surface area contributed by atoms with E-state index in [-0.39, 0.29) is 30.7 Å². The first-order chi connectivity index (χ1) is 8.35. The number of ether oxygens (including phenoxy) is 1. The fourth-order valence-electron chi connectivity index (χ4n) is 2.72. The molecule has 0 unspecified atom stereocenters. The van der Waals surface area contributed by atoms with Gasteiger partial charge in [0.1, 0.15) is 5.60 Å². The van der Waals surface area contributed by atoms with Gasteiger partial charge in [-0.3, -0.25) is 0 Å². The smallest absolute Gasteiger partial charge is 0.876 e. The van der Waals surface area contributed by atoms with Gasteiger partial charge in [0.2, 0.25) is 0 Å². The number of hydrogen-bond acceptors (Lipinski definition) is 3. The minimum absolute atomic E-state index is 0. The van der Waals surface area contributed by atoms with E-state index in [1.807, 2.05) is 26.8 Å². The molecular weight excluding hydrogens is 237 g/mol. The van der Waals surface area contributed by atoms with Crippen molar-refractivity contribution in [2.75, 3.05) is 13.1 Å². The van der Waals surface area contributed by atoms with E-state index in [4.69, 9.17) is 4.74 Å². The molecule has 0 radical (unpaired) electrons. The maximum absolute atomic E-state index is 12.0. The molecule has 0 N–H and O–H groups in total. The number of carbonyl (C=O) groups is 1. The predicted molar refractivity (Wildman–Crippen MR) is 66.7 cm³/mol. The normalized spacial score (nSPS) is 26.9. The first-order valence-electron chi connectivity index (χ1n) is 6.71. The van der Waals surface area contributed by atoms with Gasteiger partial charge in [-0.05, 0) is 51.9 Å². The summed E-state index contributed by atoms with van der Waals surface area (Å²) in [5, 5.41) is 11.4. The zero-order valence-corrected chi connectivity index (χ0v) is 12.4. The molecule has 0 bridgehead atoms. The first-order valence-corrected chi connectivity index (χ1v) is 6.71. The van der Waals surface area contributed by atoms with Crippen molar-refractivity contribution in [2.24, 2.45) is 11.8 Å². The third kappa shape index (κ3) is 4.47. The summed E-state index contributed by atoms with van der Waals surface area (Å²) in [6.07, 6.45) is 4.05. The van der Waals surface area contributed by atoms with Crippen molar-refractivity contribution >= 4 is 6.09 Å². The molecule has 1 saturated heterocycles. The average molecular weight is 259 g/mol. The molecule has 0 saturated carbocycles. The fourth-order valence-corrected chi connectivity index (χ4v) is 2.72. The molecule has 19 heavy (non-hydrogen) atoms. The first kappa shape index (κ1) is 16.5. The monoisotopic (exact) mass is 259 g/mol. The molecule has 2 rings (SSSR count). The van der Waals surface area contributed by atoms with Gasteiger partial charge in [-0.1, -0.05) is 6.08 Å². The van der Waals surface area contributed by atoms with Crippen LogP contribution < -0.4 is 24.0 Å². The summed E-state index contributed by atoms with van der Waals surface area (Å²) in [4.78, 5) is 13.8. The number of amides is 1. The van der Waals surface area contributed by atoms with Crippen molar-refractivity contribution in [3.8, 4) is 0 Å². The van der Waals surface area contributed by atoms with Crippen LogP contribution in [-0.2, 0) is 4.74 Å². The van der Waals surface area contributed by atoms with Crippen molar-refractivity contribution in [2.45, 2.75) is 45.6 Å². The summed E-state index contributed by atoms with van der Waals surface area (Å²) in [5.41, 5.74) is -0.442. The molecule has 4 nitrogen and oxygen atoms in total. The Hall–Kier alpha value is -0.593. The number of rotatable bonds is 0. The summed E-state index contributed by atoms with van der Waals surface area (Å²) in [5.74, 6) is 1.07. The minimum atomic E-state index is -0.442. The maximum atomic E-state index is 12.0. The van der Waals surface area contributed by atoms with E-state index in [2.05, 4.69) is 0 Å². The summed E-state index contributed by atoms with van der Waals surface area (Å²) < 4.78 is 5.39. The number of carbonyl (C=O) groups excluding carboxylic acids is 1. The summed E-state index contributed by atoms with van der Waals surface area (Å²) >= 11 is 0. The second-order valence-electron chi connectivity index (χ2n) is 6.31. The van der Waals surface area contributed by atoms with Gasteiger partial charge in [-0.15, -0.1) is 5.76 Å². The van der Waals surface area contributed by atoms with Gasteiger partial charge >= 0.3 is 25.0 Å². The molecule has 0 aromatic rings. The van der Waals surface area contributed by atoms with Crippen LogP contribution in [0.1, 0.15) is 40.0 Å². The van der Waals surface area contributed by atoms with Crippen LogP contribution in [0.2, 0.25) is 0 Å². The van der Waals surface area contributed by atoms with E-state index < -0.39 is 5.60 Å². The Morgan fingerprint density at radius 3 is 2.74 bits per heavy atom. The Morgan fingerprint density at radius 1 is 1.42 bits per heavy atom. The number of fused-ring (bicyclic) bond motifs is 1. The Kier molecular flexibility index (Phi) is 5.41. The number of hydrogen-bond donors (Lipinski definition) is 0. The molecule has 2 aliphatic rings. The van der Waals surface area contributed by atoms with Crippen molar-refractivity contribution in [1.29, 1.82) is 0 Å². The van der Waals surface area contributed by atoms with Gasteiger partial charge in [-0.2, -0.15) is 0 Å². The van der Waals surface area contributed by atoms with Crippen LogP contribution in [0, 0.1) is 11.8 Å². The largest absolute Gasteiger partial charge is 1.00 e. The molecule has 5 heteroatoms. The van der Waals surface area contributed by atoms with E-state index >= 15 is 0 Å². The molecular formula is C14H22LiNO3. The van der Waals surface area contributed by atoms with Crippen LogP contribution in [0.4, 0.5) is 4.79 Å². The number of likely N-dealkylation sites (tertiary alicyclic amines) is 1. The third-order valence-corrected chi connectivity index (χ3v) is 3.61. The Balaban J connectivity index is 0.00000180. The molecule has 1 aliphatic carbocycles. The van der Waals surface area contributed by atoms with E-state index in [0.717, 1.165) is 19.4 Å².